The molecule has 2 atom stereocenters. The fourth-order valence-corrected chi connectivity index (χ4v) is 2.32. The molecule has 0 amide bonds. The Kier molecular flexibility index (Phi) is 4.58. The van der Waals surface area contributed by atoms with Gasteiger partial charge in [0, 0.05) is 13.5 Å². The average molecular weight is 214 g/mol. The van der Waals surface area contributed by atoms with E-state index in [0.29, 0.717) is 12.3 Å². The van der Waals surface area contributed by atoms with E-state index in [0.717, 1.165) is 0 Å². The van der Waals surface area contributed by atoms with Crippen molar-refractivity contribution in [2.24, 2.45) is 5.92 Å². The predicted octanol–water partition coefficient (Wildman–Crippen LogP) is 2.32. The third-order valence-electron chi connectivity index (χ3n) is 2.33. The number of ether oxygens (including phenoxy) is 1. The summed E-state index contributed by atoms with van der Waals surface area (Å²) in [5.41, 5.74) is 1.19. The summed E-state index contributed by atoms with van der Waals surface area (Å²) >= 11 is 1.66. The molecule has 1 aromatic heterocycles. The Morgan fingerprint density at radius 3 is 2.64 bits per heavy atom. The lowest BCUT2D eigenvalue weighted by Crippen LogP contribution is -2.34. The SMILES string of the molecule is COC(C(C)C)C(O)Cc1ccsc1. The fourth-order valence-electron chi connectivity index (χ4n) is 1.64. The molecule has 0 aliphatic carbocycles. The standard InChI is InChI=1S/C11H18O2S/c1-8(2)11(13-3)10(12)6-9-4-5-14-7-9/h4-5,7-8,10-12H,6H2,1-3H3. The molecular formula is C11H18O2S. The lowest BCUT2D eigenvalue weighted by Gasteiger charge is -2.24. The van der Waals surface area contributed by atoms with E-state index in [1.807, 2.05) is 11.4 Å². The summed E-state index contributed by atoms with van der Waals surface area (Å²) in [6, 6.07) is 2.04. The maximum absolute atomic E-state index is 9.93. The number of hydrogen-bond donors (Lipinski definition) is 1. The zero-order chi connectivity index (χ0) is 10.6. The van der Waals surface area contributed by atoms with Crippen LogP contribution in [0.1, 0.15) is 19.4 Å². The van der Waals surface area contributed by atoms with Gasteiger partial charge in [0.15, 0.2) is 0 Å². The van der Waals surface area contributed by atoms with E-state index in [1.165, 1.54) is 5.56 Å². The zero-order valence-electron chi connectivity index (χ0n) is 8.93. The minimum Gasteiger partial charge on any atom is -0.390 e. The van der Waals surface area contributed by atoms with E-state index in [1.54, 1.807) is 18.4 Å². The van der Waals surface area contributed by atoms with Crippen LogP contribution in [0.3, 0.4) is 0 Å². The van der Waals surface area contributed by atoms with E-state index in [-0.39, 0.29) is 6.10 Å². The molecular weight excluding hydrogens is 196 g/mol. The van der Waals surface area contributed by atoms with Crippen LogP contribution in [0.5, 0.6) is 0 Å². The molecule has 2 unspecified atom stereocenters. The van der Waals surface area contributed by atoms with Gasteiger partial charge >= 0.3 is 0 Å². The van der Waals surface area contributed by atoms with Gasteiger partial charge in [0.25, 0.3) is 0 Å². The van der Waals surface area contributed by atoms with Crippen LogP contribution in [0.4, 0.5) is 0 Å². The number of rotatable bonds is 5. The predicted molar refractivity (Wildman–Crippen MR) is 59.7 cm³/mol. The van der Waals surface area contributed by atoms with Crippen molar-refractivity contribution < 1.29 is 9.84 Å². The highest BCUT2D eigenvalue weighted by atomic mass is 32.1. The number of methoxy groups -OCH3 is 1. The Morgan fingerprint density at radius 2 is 2.21 bits per heavy atom. The highest BCUT2D eigenvalue weighted by Crippen LogP contribution is 2.16. The summed E-state index contributed by atoms with van der Waals surface area (Å²) in [4.78, 5) is 0. The van der Waals surface area contributed by atoms with Crippen molar-refractivity contribution in [3.8, 4) is 0 Å². The number of hydrogen-bond acceptors (Lipinski definition) is 3. The van der Waals surface area contributed by atoms with E-state index in [2.05, 4.69) is 19.2 Å². The van der Waals surface area contributed by atoms with Gasteiger partial charge in [-0.25, -0.2) is 0 Å². The van der Waals surface area contributed by atoms with Crippen LogP contribution in [0.25, 0.3) is 0 Å². The third-order valence-corrected chi connectivity index (χ3v) is 3.07. The molecule has 0 saturated heterocycles. The molecule has 1 rings (SSSR count). The van der Waals surface area contributed by atoms with Crippen LogP contribution in [-0.2, 0) is 11.2 Å². The van der Waals surface area contributed by atoms with Crippen LogP contribution in [0, 0.1) is 5.92 Å². The second-order valence-corrected chi connectivity index (χ2v) is 4.63. The quantitative estimate of drug-likeness (QED) is 0.815. The molecule has 0 aliphatic heterocycles. The van der Waals surface area contributed by atoms with E-state index < -0.39 is 6.10 Å². The van der Waals surface area contributed by atoms with Gasteiger partial charge in [-0.05, 0) is 28.3 Å². The second kappa shape index (κ2) is 5.49. The number of aliphatic hydroxyl groups excluding tert-OH is 1. The van der Waals surface area contributed by atoms with E-state index in [9.17, 15) is 5.11 Å². The highest BCUT2D eigenvalue weighted by Gasteiger charge is 2.22. The summed E-state index contributed by atoms with van der Waals surface area (Å²) in [5, 5.41) is 14.0. The topological polar surface area (TPSA) is 29.5 Å². The Hall–Kier alpha value is -0.380. The van der Waals surface area contributed by atoms with Gasteiger partial charge < -0.3 is 9.84 Å². The molecule has 14 heavy (non-hydrogen) atoms. The molecule has 0 radical (unpaired) electrons. The monoisotopic (exact) mass is 214 g/mol. The number of thiophene rings is 1. The summed E-state index contributed by atoms with van der Waals surface area (Å²) in [5.74, 6) is 0.341. The lowest BCUT2D eigenvalue weighted by atomic mass is 9.97. The molecule has 0 spiro atoms. The Bertz CT molecular complexity index is 244. The molecule has 0 aromatic carbocycles. The largest absolute Gasteiger partial charge is 0.390 e. The summed E-state index contributed by atoms with van der Waals surface area (Å²) in [7, 11) is 1.65. The number of aliphatic hydroxyl groups is 1. The minimum atomic E-state index is -0.408. The third kappa shape index (κ3) is 3.08. The molecule has 1 aromatic rings. The molecule has 0 fully saturated rings. The molecule has 80 valence electrons. The van der Waals surface area contributed by atoms with Crippen LogP contribution < -0.4 is 0 Å². The van der Waals surface area contributed by atoms with Gasteiger partial charge in [-0.15, -0.1) is 0 Å². The molecule has 1 N–H and O–H groups in total. The second-order valence-electron chi connectivity index (χ2n) is 3.85. The fraction of sp³-hybridized carbons (Fsp3) is 0.636. The summed E-state index contributed by atoms with van der Waals surface area (Å²) in [6.07, 6.45) is 0.199. The first kappa shape index (κ1) is 11.7. The molecule has 0 saturated carbocycles. The van der Waals surface area contributed by atoms with Gasteiger partial charge in [-0.1, -0.05) is 13.8 Å². The molecule has 0 aliphatic rings. The first-order valence-corrected chi connectivity index (χ1v) is 5.81. The molecule has 2 nitrogen and oxygen atoms in total. The van der Waals surface area contributed by atoms with Gasteiger partial charge in [-0.2, -0.15) is 11.3 Å². The maximum Gasteiger partial charge on any atom is 0.0856 e. The van der Waals surface area contributed by atoms with Crippen LogP contribution in [0.2, 0.25) is 0 Å². The Labute approximate surface area is 89.5 Å². The Morgan fingerprint density at radius 1 is 1.50 bits per heavy atom. The van der Waals surface area contributed by atoms with Crippen molar-refractivity contribution >= 4 is 11.3 Å². The molecule has 3 heteroatoms. The van der Waals surface area contributed by atoms with Gasteiger partial charge in [0.05, 0.1) is 12.2 Å². The van der Waals surface area contributed by atoms with Crippen molar-refractivity contribution in [1.29, 1.82) is 0 Å². The van der Waals surface area contributed by atoms with Gasteiger partial charge in [0.2, 0.25) is 0 Å². The van der Waals surface area contributed by atoms with Crippen molar-refractivity contribution in [2.45, 2.75) is 32.5 Å². The van der Waals surface area contributed by atoms with Crippen molar-refractivity contribution in [3.63, 3.8) is 0 Å². The Balaban J connectivity index is 2.51. The highest BCUT2D eigenvalue weighted by molar-refractivity contribution is 7.07. The van der Waals surface area contributed by atoms with Crippen LogP contribution >= 0.6 is 11.3 Å². The summed E-state index contributed by atoms with van der Waals surface area (Å²) in [6.45, 7) is 4.12. The normalized spacial score (nSPS) is 15.8. The lowest BCUT2D eigenvalue weighted by molar-refractivity contribution is -0.0367. The van der Waals surface area contributed by atoms with Crippen molar-refractivity contribution in [3.05, 3.63) is 22.4 Å². The van der Waals surface area contributed by atoms with E-state index >= 15 is 0 Å². The molecule has 1 heterocycles. The van der Waals surface area contributed by atoms with Crippen LogP contribution in [-0.4, -0.2) is 24.4 Å². The van der Waals surface area contributed by atoms with Crippen LogP contribution in [0.15, 0.2) is 16.8 Å². The zero-order valence-corrected chi connectivity index (χ0v) is 9.75. The van der Waals surface area contributed by atoms with E-state index in [4.69, 9.17) is 4.74 Å². The van der Waals surface area contributed by atoms with Gasteiger partial charge in [0.1, 0.15) is 0 Å². The van der Waals surface area contributed by atoms with Crippen molar-refractivity contribution in [1.82, 2.24) is 0 Å². The van der Waals surface area contributed by atoms with Crippen molar-refractivity contribution in [2.75, 3.05) is 7.11 Å². The first-order chi connectivity index (χ1) is 6.65. The molecule has 0 bridgehead atoms. The minimum absolute atomic E-state index is 0.0742. The smallest absolute Gasteiger partial charge is 0.0856 e. The first-order valence-electron chi connectivity index (χ1n) is 4.87. The van der Waals surface area contributed by atoms with Gasteiger partial charge in [-0.3, -0.25) is 0 Å². The maximum atomic E-state index is 9.93. The average Bonchev–Trinajstić information content (AvgIpc) is 2.57. The summed E-state index contributed by atoms with van der Waals surface area (Å²) < 4.78 is 5.28.